The lowest BCUT2D eigenvalue weighted by Crippen LogP contribution is -2.52. The Morgan fingerprint density at radius 2 is 1.66 bits per heavy atom. The summed E-state index contributed by atoms with van der Waals surface area (Å²) in [5, 5.41) is 25.4. The number of H-pyrrole nitrogens is 2. The quantitative estimate of drug-likeness (QED) is 0.0952. The third kappa shape index (κ3) is 7.51. The Morgan fingerprint density at radius 3 is 2.30 bits per heavy atom. The molecule has 0 spiro atoms. The molecule has 27 heteroatoms. The van der Waals surface area contributed by atoms with E-state index in [9.17, 15) is 33.8 Å². The fourth-order valence-corrected chi connectivity index (χ4v) is 6.90. The van der Waals surface area contributed by atoms with Gasteiger partial charge in [0.15, 0.2) is 29.4 Å². The number of phosphoric ester groups is 1. The summed E-state index contributed by atoms with van der Waals surface area (Å²) in [6.45, 7) is 1.00. The summed E-state index contributed by atoms with van der Waals surface area (Å²) < 4.78 is 43.1. The number of aromatic nitrogens is 6. The monoisotopic (exact) mass is 742 g/mol. The van der Waals surface area contributed by atoms with Crippen LogP contribution in [0.4, 0.5) is 23.4 Å². The smallest absolute Gasteiger partial charge is 0.388 e. The summed E-state index contributed by atoms with van der Waals surface area (Å²) in [6, 6.07) is -0.654. The van der Waals surface area contributed by atoms with E-state index in [1.165, 1.54) is 10.9 Å². The van der Waals surface area contributed by atoms with E-state index >= 15 is 0 Å². The molecule has 6 heterocycles. The largest absolute Gasteiger partial charge is 0.481 e. The van der Waals surface area contributed by atoms with Gasteiger partial charge >= 0.3 is 15.6 Å². The van der Waals surface area contributed by atoms with Crippen molar-refractivity contribution in [1.82, 2.24) is 29.5 Å². The number of hydrogen-bond acceptors (Lipinski definition) is 19. The van der Waals surface area contributed by atoms with Gasteiger partial charge in [-0.2, -0.15) is 14.3 Å². The van der Waals surface area contributed by atoms with Crippen molar-refractivity contribution in [2.45, 2.75) is 49.8 Å². The number of nitrogens with two attached hydrogens (primary N) is 2. The van der Waals surface area contributed by atoms with Crippen molar-refractivity contribution >= 4 is 75.5 Å². The molecule has 1 fully saturated rings. The molecule has 3 aliphatic heterocycles. The lowest BCUT2D eigenvalue weighted by atomic mass is 10.1. The number of thiol groups is 2. The van der Waals surface area contributed by atoms with Gasteiger partial charge in [0.2, 0.25) is 11.9 Å². The second-order valence-corrected chi connectivity index (χ2v) is 13.9. The van der Waals surface area contributed by atoms with E-state index in [0.29, 0.717) is 4.91 Å². The minimum atomic E-state index is -5.25. The summed E-state index contributed by atoms with van der Waals surface area (Å²) in [5.74, 6) is -0.0663. The van der Waals surface area contributed by atoms with Gasteiger partial charge in [0.25, 0.3) is 11.1 Å². The Labute approximate surface area is 272 Å². The van der Waals surface area contributed by atoms with E-state index in [0.717, 1.165) is 0 Å². The van der Waals surface area contributed by atoms with Crippen LogP contribution in [-0.2, 0) is 27.4 Å². The number of aromatic amines is 2. The highest BCUT2D eigenvalue weighted by Gasteiger charge is 2.43. The van der Waals surface area contributed by atoms with E-state index in [4.69, 9.17) is 30.7 Å². The van der Waals surface area contributed by atoms with Crippen LogP contribution >= 0.6 is 40.9 Å². The summed E-state index contributed by atoms with van der Waals surface area (Å²) in [4.78, 5) is 67.3. The lowest BCUT2D eigenvalue weighted by molar-refractivity contribution is -0.0299. The van der Waals surface area contributed by atoms with Crippen molar-refractivity contribution in [3.63, 3.8) is 0 Å². The predicted octanol–water partition coefficient (Wildman–Crippen LogP) is -2.08. The van der Waals surface area contributed by atoms with Gasteiger partial charge < -0.3 is 56.5 Å². The molecule has 8 atom stereocenters. The third-order valence-electron chi connectivity index (χ3n) is 6.79. The molecular formula is C20H28N10O13P2S2. The maximum Gasteiger partial charge on any atom is 0.481 e. The summed E-state index contributed by atoms with van der Waals surface area (Å²) in [6.07, 6.45) is -4.10. The van der Waals surface area contributed by atoms with Gasteiger partial charge in [0, 0.05) is 9.81 Å². The standard InChI is InChI=1S/C10H15N5O9P2S2.C10H13N5O4/c11-10-14-7-4(8(16)15-10)12-3-6(28)5(27)2(23-9(3)13-7)1-22-26(20,21)24-25(17,18)19;1-3-5(16)6(17)9(19-3)15-2-12-4-7(15)13-10(11)14-8(4)18/h2-3,9,12,27-28H,1H2,(H,20,21)(H2,17,18,19)(H4,11,13,14,15,16);2-3,5-6,9,16-17H,1H3,(H3,11,13,14,18)/t2-,3+,9-;3-,5-,6-,9-/m11/s1. The van der Waals surface area contributed by atoms with Crippen LogP contribution in [0.5, 0.6) is 0 Å². The first-order valence-electron chi connectivity index (χ1n) is 13.0. The van der Waals surface area contributed by atoms with E-state index in [1.807, 2.05) is 0 Å². The van der Waals surface area contributed by atoms with Crippen LogP contribution in [0, 0.1) is 0 Å². The number of aliphatic hydroxyl groups is 2. The van der Waals surface area contributed by atoms with Crippen molar-refractivity contribution in [2.24, 2.45) is 0 Å². The van der Waals surface area contributed by atoms with Crippen LogP contribution < -0.4 is 33.2 Å². The Hall–Kier alpha value is -3.03. The highest BCUT2D eigenvalue weighted by molar-refractivity contribution is 7.88. The zero-order valence-corrected chi connectivity index (χ0v) is 27.1. The van der Waals surface area contributed by atoms with Crippen LogP contribution in [0.2, 0.25) is 0 Å². The number of nitrogens with one attached hydrogen (secondary N) is 4. The first-order chi connectivity index (χ1) is 21.8. The SMILES string of the molecule is C[C@H]1O[C@@H](n2cnc3c(=O)[nH]c(N)nc32)[C@H](O)[C@@H]1O.Nc1nc2c(c(=O)[nH]1)N[C@H]1C(S)=C(S)[C@@H](COP(=O)(O)OP(=O)(O)O)O[C@H]1N2. The van der Waals surface area contributed by atoms with E-state index in [-0.39, 0.29) is 39.5 Å². The molecule has 6 rings (SSSR count). The molecule has 13 N–H and O–H groups in total. The molecule has 3 aliphatic rings. The normalized spacial score (nSPS) is 28.4. The van der Waals surface area contributed by atoms with Crippen LogP contribution in [-0.4, -0.2) is 97.7 Å². The van der Waals surface area contributed by atoms with Gasteiger partial charge in [0.1, 0.15) is 30.0 Å². The van der Waals surface area contributed by atoms with Gasteiger partial charge in [0.05, 0.1) is 19.0 Å². The minimum Gasteiger partial charge on any atom is -0.388 e. The molecule has 258 valence electrons. The molecular weight excluding hydrogens is 714 g/mol. The molecule has 0 aliphatic carbocycles. The first kappa shape index (κ1) is 35.3. The number of aliphatic hydroxyl groups excluding tert-OH is 2. The zero-order valence-electron chi connectivity index (χ0n) is 23.6. The van der Waals surface area contributed by atoms with Crippen LogP contribution in [0.1, 0.15) is 13.2 Å². The average Bonchev–Trinajstić information content (AvgIpc) is 3.48. The molecule has 0 bridgehead atoms. The third-order valence-corrected chi connectivity index (χ3v) is 10.2. The molecule has 3 aromatic heterocycles. The maximum absolute atomic E-state index is 12.0. The van der Waals surface area contributed by atoms with Gasteiger partial charge in [-0.05, 0) is 6.92 Å². The van der Waals surface area contributed by atoms with E-state index in [1.54, 1.807) is 6.92 Å². The summed E-state index contributed by atoms with van der Waals surface area (Å²) >= 11 is 8.58. The van der Waals surface area contributed by atoms with Gasteiger partial charge in [-0.3, -0.25) is 28.6 Å². The van der Waals surface area contributed by atoms with E-state index < -0.39 is 76.3 Å². The molecule has 23 nitrogen and oxygen atoms in total. The average molecular weight is 743 g/mol. The van der Waals surface area contributed by atoms with Crippen LogP contribution in [0.3, 0.4) is 0 Å². The molecule has 0 saturated carbocycles. The number of nitrogen functional groups attached to an aromatic ring is 2. The van der Waals surface area contributed by atoms with E-state index in [2.05, 4.69) is 69.6 Å². The van der Waals surface area contributed by atoms with Gasteiger partial charge in [-0.1, -0.05) is 0 Å². The molecule has 1 unspecified atom stereocenters. The predicted molar refractivity (Wildman–Crippen MR) is 167 cm³/mol. The number of phosphoric acid groups is 2. The Kier molecular flexibility index (Phi) is 9.84. The number of anilines is 4. The highest BCUT2D eigenvalue weighted by atomic mass is 32.1. The maximum atomic E-state index is 12.0. The number of fused-ring (bicyclic) bond motifs is 3. The second kappa shape index (κ2) is 13.1. The molecule has 0 radical (unpaired) electrons. The van der Waals surface area contributed by atoms with Crippen LogP contribution in [0.25, 0.3) is 11.2 Å². The number of ether oxygens (including phenoxy) is 2. The molecule has 3 aromatic rings. The Bertz CT molecular complexity index is 1930. The Balaban J connectivity index is 0.000000198. The van der Waals surface area contributed by atoms with Crippen molar-refractivity contribution in [1.29, 1.82) is 0 Å². The number of hydrogen-bond donors (Lipinski definition) is 13. The van der Waals surface area contributed by atoms with Gasteiger partial charge in [-0.15, -0.1) is 25.3 Å². The van der Waals surface area contributed by atoms with Crippen molar-refractivity contribution in [3.8, 4) is 0 Å². The lowest BCUT2D eigenvalue weighted by Gasteiger charge is -2.41. The molecule has 47 heavy (non-hydrogen) atoms. The second-order valence-electron chi connectivity index (χ2n) is 10.1. The molecule has 0 amide bonds. The number of rotatable bonds is 6. The van der Waals surface area contributed by atoms with Crippen LogP contribution in [0.15, 0.2) is 25.7 Å². The molecule has 0 aromatic carbocycles. The fourth-order valence-electron chi connectivity index (χ4n) is 4.69. The Morgan fingerprint density at radius 1 is 1.00 bits per heavy atom. The minimum absolute atomic E-state index is 0.0552. The fraction of sp³-hybridized carbons (Fsp3) is 0.450. The summed E-state index contributed by atoms with van der Waals surface area (Å²) in [7, 11) is -10.3. The zero-order chi connectivity index (χ0) is 34.6. The van der Waals surface area contributed by atoms with Crippen molar-refractivity contribution in [2.75, 3.05) is 28.7 Å². The van der Waals surface area contributed by atoms with Crippen molar-refractivity contribution < 1.29 is 52.3 Å². The summed E-state index contributed by atoms with van der Waals surface area (Å²) in [5.41, 5.74) is 10.4. The number of imidazole rings is 1. The highest BCUT2D eigenvalue weighted by Crippen LogP contribution is 2.57. The topological polar surface area (TPSA) is 358 Å². The van der Waals surface area contributed by atoms with Gasteiger partial charge in [-0.25, -0.2) is 14.1 Å². The van der Waals surface area contributed by atoms with Crippen molar-refractivity contribution in [3.05, 3.63) is 36.8 Å². The number of nitrogens with zero attached hydrogens (tertiary/aromatic N) is 4. The molecule has 1 saturated heterocycles. The first-order valence-corrected chi connectivity index (χ1v) is 17.0.